The van der Waals surface area contributed by atoms with E-state index in [4.69, 9.17) is 9.47 Å². The van der Waals surface area contributed by atoms with Crippen molar-refractivity contribution >= 4 is 0 Å². The molecule has 0 aliphatic carbocycles. The van der Waals surface area contributed by atoms with E-state index in [1.807, 2.05) is 31.2 Å². The van der Waals surface area contributed by atoms with Gasteiger partial charge in [0.05, 0.1) is 5.69 Å². The molecule has 0 spiro atoms. The smallest absolute Gasteiger partial charge is 0.161 e. The Morgan fingerprint density at radius 3 is 2.90 bits per heavy atom. The molecule has 0 unspecified atom stereocenters. The Morgan fingerprint density at radius 1 is 1.35 bits per heavy atom. The molecule has 1 N–H and O–H groups in total. The van der Waals surface area contributed by atoms with Gasteiger partial charge < -0.3 is 9.47 Å². The van der Waals surface area contributed by atoms with Gasteiger partial charge in [0, 0.05) is 18.8 Å². The van der Waals surface area contributed by atoms with Crippen molar-refractivity contribution in [1.82, 2.24) is 15.1 Å². The largest absolute Gasteiger partial charge is 0.486 e. The van der Waals surface area contributed by atoms with Crippen LogP contribution in [-0.2, 0) is 6.54 Å². The molecule has 20 heavy (non-hydrogen) atoms. The minimum Gasteiger partial charge on any atom is -0.486 e. The van der Waals surface area contributed by atoms with Crippen LogP contribution in [-0.4, -0.2) is 41.4 Å². The van der Waals surface area contributed by atoms with Gasteiger partial charge in [0.2, 0.25) is 0 Å². The summed E-state index contributed by atoms with van der Waals surface area (Å²) in [5.41, 5.74) is 2.13. The summed E-state index contributed by atoms with van der Waals surface area (Å²) in [5.74, 6) is 1.65. The van der Waals surface area contributed by atoms with E-state index >= 15 is 0 Å². The van der Waals surface area contributed by atoms with Gasteiger partial charge in [-0.1, -0.05) is 12.1 Å². The average Bonchev–Trinajstić information content (AvgIpc) is 2.83. The van der Waals surface area contributed by atoms with E-state index in [2.05, 4.69) is 28.2 Å². The summed E-state index contributed by atoms with van der Waals surface area (Å²) in [6, 6.07) is 9.85. The molecule has 3 rings (SSSR count). The Hall–Kier alpha value is -2.01. The number of aromatic amines is 1. The Morgan fingerprint density at radius 2 is 2.15 bits per heavy atom. The van der Waals surface area contributed by atoms with Crippen LogP contribution >= 0.6 is 0 Å². The van der Waals surface area contributed by atoms with E-state index in [0.29, 0.717) is 6.61 Å². The lowest BCUT2D eigenvalue weighted by Crippen LogP contribution is -2.39. The summed E-state index contributed by atoms with van der Waals surface area (Å²) in [6.45, 7) is 4.19. The van der Waals surface area contributed by atoms with Crippen molar-refractivity contribution in [3.8, 4) is 11.5 Å². The van der Waals surface area contributed by atoms with E-state index in [1.54, 1.807) is 0 Å². The highest BCUT2D eigenvalue weighted by Crippen LogP contribution is 2.30. The third-order valence-electron chi connectivity index (χ3n) is 3.27. The number of hydrogen-bond donors (Lipinski definition) is 1. The number of para-hydroxylation sites is 2. The summed E-state index contributed by atoms with van der Waals surface area (Å²) in [7, 11) is 2.06. The lowest BCUT2D eigenvalue weighted by atomic mass is 10.2. The van der Waals surface area contributed by atoms with Crippen molar-refractivity contribution in [3.63, 3.8) is 0 Å². The SMILES string of the molecule is Cc1cc(CN(C)C[C@@H]2COc3ccccc3O2)n[nH]1. The molecule has 5 nitrogen and oxygen atoms in total. The number of likely N-dealkylation sites (N-methyl/N-ethyl adjacent to an activating group) is 1. The van der Waals surface area contributed by atoms with Crippen LogP contribution in [0, 0.1) is 6.92 Å². The monoisotopic (exact) mass is 273 g/mol. The molecule has 1 aliphatic rings. The molecule has 0 saturated carbocycles. The number of aromatic nitrogens is 2. The second kappa shape index (κ2) is 5.54. The molecule has 0 amide bonds. The molecule has 2 aromatic rings. The van der Waals surface area contributed by atoms with Crippen LogP contribution < -0.4 is 9.47 Å². The first-order valence-electron chi connectivity index (χ1n) is 6.78. The number of hydrogen-bond acceptors (Lipinski definition) is 4. The van der Waals surface area contributed by atoms with Gasteiger partial charge >= 0.3 is 0 Å². The molecule has 1 aromatic carbocycles. The number of fused-ring (bicyclic) bond motifs is 1. The van der Waals surface area contributed by atoms with Crippen molar-refractivity contribution < 1.29 is 9.47 Å². The Kier molecular flexibility index (Phi) is 3.60. The highest BCUT2D eigenvalue weighted by Gasteiger charge is 2.22. The first-order valence-corrected chi connectivity index (χ1v) is 6.78. The summed E-state index contributed by atoms with van der Waals surface area (Å²) in [5, 5.41) is 7.20. The molecule has 2 heterocycles. The number of nitrogens with one attached hydrogen (secondary N) is 1. The van der Waals surface area contributed by atoms with Gasteiger partial charge in [-0.2, -0.15) is 5.10 Å². The minimum absolute atomic E-state index is 0.0509. The van der Waals surface area contributed by atoms with Crippen LogP contribution in [0.15, 0.2) is 30.3 Å². The zero-order valence-electron chi connectivity index (χ0n) is 11.8. The third-order valence-corrected chi connectivity index (χ3v) is 3.27. The number of H-pyrrole nitrogens is 1. The highest BCUT2D eigenvalue weighted by atomic mass is 16.6. The number of benzene rings is 1. The molecule has 0 saturated heterocycles. The van der Waals surface area contributed by atoms with Crippen molar-refractivity contribution in [1.29, 1.82) is 0 Å². The normalized spacial score (nSPS) is 17.4. The summed E-state index contributed by atoms with van der Waals surface area (Å²) in [4.78, 5) is 2.19. The number of ether oxygens (including phenoxy) is 2. The molecule has 0 radical (unpaired) electrons. The maximum absolute atomic E-state index is 5.95. The van der Waals surface area contributed by atoms with Gasteiger partial charge in [0.15, 0.2) is 11.5 Å². The number of nitrogens with zero attached hydrogens (tertiary/aromatic N) is 2. The van der Waals surface area contributed by atoms with E-state index < -0.39 is 0 Å². The molecular formula is C15H19N3O2. The fourth-order valence-corrected chi connectivity index (χ4v) is 2.40. The van der Waals surface area contributed by atoms with Crippen LogP contribution in [0.5, 0.6) is 11.5 Å². The van der Waals surface area contributed by atoms with Gasteiger partial charge in [0.1, 0.15) is 12.7 Å². The maximum atomic E-state index is 5.95. The number of aryl methyl sites for hydroxylation is 1. The fraction of sp³-hybridized carbons (Fsp3) is 0.400. The Labute approximate surface area is 118 Å². The third kappa shape index (κ3) is 2.93. The zero-order valence-corrected chi connectivity index (χ0v) is 11.8. The molecule has 1 aliphatic heterocycles. The molecule has 1 aromatic heterocycles. The topological polar surface area (TPSA) is 50.4 Å². The molecule has 0 fully saturated rings. The van der Waals surface area contributed by atoms with E-state index in [9.17, 15) is 0 Å². The maximum Gasteiger partial charge on any atom is 0.161 e. The summed E-state index contributed by atoms with van der Waals surface area (Å²) < 4.78 is 11.7. The van der Waals surface area contributed by atoms with E-state index in [-0.39, 0.29) is 6.10 Å². The van der Waals surface area contributed by atoms with Crippen molar-refractivity contribution in [2.45, 2.75) is 19.6 Å². The Bertz CT molecular complexity index is 582. The van der Waals surface area contributed by atoms with Crippen LogP contribution in [0.4, 0.5) is 0 Å². The molecule has 1 atom stereocenters. The van der Waals surface area contributed by atoms with Gasteiger partial charge in [-0.05, 0) is 32.2 Å². The standard InChI is InChI=1S/C15H19N3O2/c1-11-7-12(17-16-11)8-18(2)9-13-10-19-14-5-3-4-6-15(14)20-13/h3-7,13H,8-10H2,1-2H3,(H,16,17)/t13-/m1/s1. The minimum atomic E-state index is 0.0509. The first-order chi connectivity index (χ1) is 9.70. The van der Waals surface area contributed by atoms with E-state index in [0.717, 1.165) is 36.0 Å². The van der Waals surface area contributed by atoms with Crippen molar-refractivity contribution in [2.75, 3.05) is 20.2 Å². The quantitative estimate of drug-likeness (QED) is 0.925. The van der Waals surface area contributed by atoms with Crippen LogP contribution in [0.2, 0.25) is 0 Å². The van der Waals surface area contributed by atoms with Gasteiger partial charge in [-0.25, -0.2) is 0 Å². The molecule has 106 valence electrons. The number of rotatable bonds is 4. The summed E-state index contributed by atoms with van der Waals surface area (Å²) >= 11 is 0. The predicted molar refractivity (Wildman–Crippen MR) is 76.0 cm³/mol. The van der Waals surface area contributed by atoms with Crippen LogP contribution in [0.1, 0.15) is 11.4 Å². The predicted octanol–water partition coefficient (Wildman–Crippen LogP) is 1.99. The van der Waals surface area contributed by atoms with Crippen LogP contribution in [0.25, 0.3) is 0 Å². The lowest BCUT2D eigenvalue weighted by molar-refractivity contribution is 0.0635. The van der Waals surface area contributed by atoms with E-state index in [1.165, 1.54) is 0 Å². The highest BCUT2D eigenvalue weighted by molar-refractivity contribution is 5.40. The zero-order chi connectivity index (χ0) is 13.9. The second-order valence-electron chi connectivity index (χ2n) is 5.24. The first kappa shape index (κ1) is 13.0. The average molecular weight is 273 g/mol. The molecule has 0 bridgehead atoms. The molecular weight excluding hydrogens is 254 g/mol. The van der Waals surface area contributed by atoms with Gasteiger partial charge in [0.25, 0.3) is 0 Å². The fourth-order valence-electron chi connectivity index (χ4n) is 2.40. The molecule has 5 heteroatoms. The lowest BCUT2D eigenvalue weighted by Gasteiger charge is -2.29. The summed E-state index contributed by atoms with van der Waals surface area (Å²) in [6.07, 6.45) is 0.0509. The Balaban J connectivity index is 1.56. The van der Waals surface area contributed by atoms with Gasteiger partial charge in [-0.3, -0.25) is 10.00 Å². The van der Waals surface area contributed by atoms with Crippen molar-refractivity contribution in [2.24, 2.45) is 0 Å². The second-order valence-corrected chi connectivity index (χ2v) is 5.24. The van der Waals surface area contributed by atoms with Crippen molar-refractivity contribution in [3.05, 3.63) is 41.7 Å². The van der Waals surface area contributed by atoms with Crippen LogP contribution in [0.3, 0.4) is 0 Å². The van der Waals surface area contributed by atoms with Gasteiger partial charge in [-0.15, -0.1) is 0 Å².